The van der Waals surface area contributed by atoms with Gasteiger partial charge in [-0.3, -0.25) is 13.8 Å². The van der Waals surface area contributed by atoms with Crippen LogP contribution in [0.25, 0.3) is 0 Å². The first-order valence-electron chi connectivity index (χ1n) is 9.47. The Morgan fingerprint density at radius 1 is 0.968 bits per heavy atom. The predicted octanol–water partition coefficient (Wildman–Crippen LogP) is 1.82. The molecule has 0 aromatic heterocycles. The van der Waals surface area contributed by atoms with Crippen LogP contribution in [0.5, 0.6) is 5.75 Å². The van der Waals surface area contributed by atoms with E-state index in [-0.39, 0.29) is 31.0 Å². The van der Waals surface area contributed by atoms with Gasteiger partial charge in [-0.05, 0) is 49.6 Å². The molecular weight excluding hydrogens is 426 g/mol. The summed E-state index contributed by atoms with van der Waals surface area (Å²) >= 11 is 0. The Hall–Kier alpha value is -2.95. The number of hydrogen-bond donors (Lipinski definition) is 3. The predicted molar refractivity (Wildman–Crippen MR) is 111 cm³/mol. The third-order valence-electron chi connectivity index (χ3n) is 4.51. The molecule has 168 valence electrons. The summed E-state index contributed by atoms with van der Waals surface area (Å²) in [7, 11) is -3.86. The van der Waals surface area contributed by atoms with Crippen molar-refractivity contribution in [2.24, 2.45) is 11.7 Å². The van der Waals surface area contributed by atoms with E-state index >= 15 is 0 Å². The number of nitrogens with two attached hydrogens (primary N) is 1. The molecule has 0 aliphatic rings. The van der Waals surface area contributed by atoms with Crippen molar-refractivity contribution in [3.8, 4) is 5.75 Å². The fraction of sp³-hybridized carbons (Fsp3) is 0.333. The maximum absolute atomic E-state index is 12.1. The molecule has 0 saturated carbocycles. The molecule has 2 rings (SSSR count). The zero-order valence-corrected chi connectivity index (χ0v) is 17.7. The van der Waals surface area contributed by atoms with Crippen molar-refractivity contribution >= 4 is 22.1 Å². The summed E-state index contributed by atoms with van der Waals surface area (Å²) in [6.45, 7) is 1.67. The third kappa shape index (κ3) is 7.67. The largest absolute Gasteiger partial charge is 0.491 e. The van der Waals surface area contributed by atoms with E-state index in [1.807, 2.05) is 6.92 Å². The Morgan fingerprint density at radius 3 is 2.13 bits per heavy atom. The summed E-state index contributed by atoms with van der Waals surface area (Å²) in [6, 6.07) is 11.6. The van der Waals surface area contributed by atoms with Gasteiger partial charge >= 0.3 is 11.9 Å². The van der Waals surface area contributed by atoms with Crippen LogP contribution in [-0.2, 0) is 30.3 Å². The molecule has 2 aromatic carbocycles. The lowest BCUT2D eigenvalue weighted by molar-refractivity contribution is -0.143. The van der Waals surface area contributed by atoms with Gasteiger partial charge in [-0.1, -0.05) is 29.8 Å². The second-order valence-corrected chi connectivity index (χ2v) is 8.62. The molecule has 9 nitrogen and oxygen atoms in total. The van der Waals surface area contributed by atoms with E-state index in [1.165, 1.54) is 12.1 Å². The summed E-state index contributed by atoms with van der Waals surface area (Å²) in [5.74, 6) is -2.85. The molecule has 0 bridgehead atoms. The van der Waals surface area contributed by atoms with Crippen molar-refractivity contribution in [2.45, 2.75) is 30.7 Å². The Balaban J connectivity index is 1.84. The fourth-order valence-corrected chi connectivity index (χ4v) is 3.65. The lowest BCUT2D eigenvalue weighted by Crippen LogP contribution is -2.35. The molecule has 4 N–H and O–H groups in total. The van der Waals surface area contributed by atoms with Crippen LogP contribution in [0, 0.1) is 12.8 Å². The molecule has 0 spiro atoms. The van der Waals surface area contributed by atoms with Gasteiger partial charge in [-0.15, -0.1) is 0 Å². The highest BCUT2D eigenvalue weighted by molar-refractivity contribution is 7.86. The zero-order valence-electron chi connectivity index (χ0n) is 16.9. The van der Waals surface area contributed by atoms with Gasteiger partial charge in [0.2, 0.25) is 0 Å². The number of rotatable bonds is 12. The fourth-order valence-electron chi connectivity index (χ4n) is 2.76. The first-order valence-corrected chi connectivity index (χ1v) is 10.9. The summed E-state index contributed by atoms with van der Waals surface area (Å²) < 4.78 is 34.6. The third-order valence-corrected chi connectivity index (χ3v) is 5.84. The number of aliphatic carboxylic acids is 2. The highest BCUT2D eigenvalue weighted by Gasteiger charge is 2.24. The number of benzene rings is 2. The maximum atomic E-state index is 12.1. The summed E-state index contributed by atoms with van der Waals surface area (Å²) in [6.07, 6.45) is -0.0653. The van der Waals surface area contributed by atoms with Gasteiger partial charge in [0.1, 0.15) is 25.0 Å². The van der Waals surface area contributed by atoms with Crippen molar-refractivity contribution in [3.05, 3.63) is 59.7 Å². The Morgan fingerprint density at radius 2 is 1.58 bits per heavy atom. The molecule has 0 amide bonds. The topological polar surface area (TPSA) is 153 Å². The second kappa shape index (κ2) is 10.9. The minimum atomic E-state index is -3.86. The molecule has 0 aliphatic carbocycles. The highest BCUT2D eigenvalue weighted by atomic mass is 32.2. The highest BCUT2D eigenvalue weighted by Crippen LogP contribution is 2.19. The van der Waals surface area contributed by atoms with Gasteiger partial charge in [0, 0.05) is 0 Å². The Labute approximate surface area is 180 Å². The molecule has 10 heteroatoms. The average molecular weight is 451 g/mol. The summed E-state index contributed by atoms with van der Waals surface area (Å²) in [4.78, 5) is 22.3. The van der Waals surface area contributed by atoms with E-state index < -0.39 is 34.0 Å². The van der Waals surface area contributed by atoms with Gasteiger partial charge in [-0.25, -0.2) is 0 Å². The molecule has 0 saturated heterocycles. The molecule has 0 heterocycles. The monoisotopic (exact) mass is 451 g/mol. The summed E-state index contributed by atoms with van der Waals surface area (Å²) in [5, 5.41) is 18.2. The maximum Gasteiger partial charge on any atom is 0.320 e. The average Bonchev–Trinajstić information content (AvgIpc) is 2.72. The number of carboxylic acids is 2. The van der Waals surface area contributed by atoms with E-state index in [2.05, 4.69) is 0 Å². The van der Waals surface area contributed by atoms with Crippen molar-refractivity contribution in [3.63, 3.8) is 0 Å². The molecule has 0 aliphatic heterocycles. The molecule has 2 atom stereocenters. The number of carboxylic acid groups (broad SMARTS) is 2. The van der Waals surface area contributed by atoms with Gasteiger partial charge in [0.25, 0.3) is 10.1 Å². The SMILES string of the molecule is Cc1ccc(S(=O)(=O)OCCOc2ccc(CC(C[C@@H](N)C(=O)O)C(=O)O)cc2)cc1. The van der Waals surface area contributed by atoms with Crippen molar-refractivity contribution in [2.75, 3.05) is 13.2 Å². The van der Waals surface area contributed by atoms with Crippen molar-refractivity contribution in [1.29, 1.82) is 0 Å². The zero-order chi connectivity index (χ0) is 23.0. The molecule has 31 heavy (non-hydrogen) atoms. The molecule has 0 fully saturated rings. The molecule has 2 aromatic rings. The van der Waals surface area contributed by atoms with Gasteiger partial charge in [0.05, 0.1) is 10.8 Å². The van der Waals surface area contributed by atoms with Crippen LogP contribution in [0.3, 0.4) is 0 Å². The smallest absolute Gasteiger partial charge is 0.320 e. The van der Waals surface area contributed by atoms with Crippen LogP contribution < -0.4 is 10.5 Å². The minimum Gasteiger partial charge on any atom is -0.491 e. The van der Waals surface area contributed by atoms with Crippen LogP contribution in [0.2, 0.25) is 0 Å². The quantitative estimate of drug-likeness (QED) is 0.324. The normalized spacial score (nSPS) is 13.4. The molecular formula is C21H25NO8S. The second-order valence-electron chi connectivity index (χ2n) is 7.00. The number of carbonyl (C=O) groups is 2. The lowest BCUT2D eigenvalue weighted by Gasteiger charge is -2.15. The van der Waals surface area contributed by atoms with Gasteiger partial charge in [-0.2, -0.15) is 8.42 Å². The Bertz CT molecular complexity index is 987. The Kier molecular flexibility index (Phi) is 8.55. The van der Waals surface area contributed by atoms with Gasteiger partial charge in [0.15, 0.2) is 0 Å². The molecule has 1 unspecified atom stereocenters. The van der Waals surface area contributed by atoms with E-state index in [1.54, 1.807) is 36.4 Å². The van der Waals surface area contributed by atoms with E-state index in [4.69, 9.17) is 19.8 Å². The van der Waals surface area contributed by atoms with Gasteiger partial charge < -0.3 is 20.7 Å². The number of aryl methyl sites for hydroxylation is 1. The van der Waals surface area contributed by atoms with E-state index in [0.717, 1.165) is 5.56 Å². The van der Waals surface area contributed by atoms with Crippen molar-refractivity contribution < 1.29 is 37.1 Å². The van der Waals surface area contributed by atoms with E-state index in [9.17, 15) is 23.1 Å². The minimum absolute atomic E-state index is 0.00431. The molecule has 0 radical (unpaired) electrons. The number of ether oxygens (including phenoxy) is 1. The van der Waals surface area contributed by atoms with Crippen LogP contribution in [0.15, 0.2) is 53.4 Å². The number of hydrogen-bond acceptors (Lipinski definition) is 7. The van der Waals surface area contributed by atoms with E-state index in [0.29, 0.717) is 11.3 Å². The van der Waals surface area contributed by atoms with Crippen LogP contribution >= 0.6 is 0 Å². The van der Waals surface area contributed by atoms with Crippen LogP contribution in [0.4, 0.5) is 0 Å². The first-order chi connectivity index (χ1) is 14.6. The summed E-state index contributed by atoms with van der Waals surface area (Å²) in [5.41, 5.74) is 7.05. The van der Waals surface area contributed by atoms with Crippen LogP contribution in [0.1, 0.15) is 17.5 Å². The first kappa shape index (κ1) is 24.3. The lowest BCUT2D eigenvalue weighted by atomic mass is 9.93. The van der Waals surface area contributed by atoms with Crippen molar-refractivity contribution in [1.82, 2.24) is 0 Å². The standard InChI is InChI=1S/C21H25NO8S/c1-14-2-8-18(9-3-14)31(27,28)30-11-10-29-17-6-4-15(5-7-17)12-16(20(23)24)13-19(22)21(25)26/h2-9,16,19H,10-13,22H2,1H3,(H,23,24)(H,25,26)/t16?,19-/m1/s1. The van der Waals surface area contributed by atoms with Crippen LogP contribution in [-0.4, -0.2) is 49.8 Å².